The molecule has 4 nitrogen and oxygen atoms in total. The van der Waals surface area contributed by atoms with Gasteiger partial charge in [0.2, 0.25) is 10.0 Å². The molecule has 0 spiro atoms. The Morgan fingerprint density at radius 3 is 2.55 bits per heavy atom. The van der Waals surface area contributed by atoms with Gasteiger partial charge >= 0.3 is 0 Å². The molecule has 1 heterocycles. The molecule has 1 fully saturated rings. The lowest BCUT2D eigenvalue weighted by Crippen LogP contribution is -2.42. The van der Waals surface area contributed by atoms with E-state index in [0.717, 1.165) is 18.4 Å². The van der Waals surface area contributed by atoms with E-state index in [0.29, 0.717) is 16.6 Å². The number of nitrogens with zero attached hydrogens (tertiary/aromatic N) is 1. The summed E-state index contributed by atoms with van der Waals surface area (Å²) in [5.41, 5.74) is 1.06. The highest BCUT2D eigenvalue weighted by atomic mass is 79.9. The summed E-state index contributed by atoms with van der Waals surface area (Å²) in [6, 6.07) is 3.35. The van der Waals surface area contributed by atoms with Crippen molar-refractivity contribution in [3.8, 4) is 0 Å². The molecule has 6 heteroatoms. The zero-order valence-electron chi connectivity index (χ0n) is 12.0. The first-order chi connectivity index (χ1) is 9.20. The van der Waals surface area contributed by atoms with Crippen LogP contribution >= 0.6 is 15.9 Å². The van der Waals surface area contributed by atoms with Crippen LogP contribution in [-0.4, -0.2) is 29.9 Å². The van der Waals surface area contributed by atoms with Crippen molar-refractivity contribution in [1.82, 2.24) is 4.31 Å². The normalized spacial score (nSPS) is 19.4. The highest BCUT2D eigenvalue weighted by Gasteiger charge is 2.41. The smallest absolute Gasteiger partial charge is 0.244 e. The van der Waals surface area contributed by atoms with Crippen molar-refractivity contribution < 1.29 is 13.5 Å². The molecule has 0 radical (unpaired) electrons. The van der Waals surface area contributed by atoms with Gasteiger partial charge in [-0.2, -0.15) is 4.31 Å². The first-order valence-corrected chi connectivity index (χ1v) is 8.86. The monoisotopic (exact) mass is 361 g/mol. The predicted molar refractivity (Wildman–Crippen MR) is 82.0 cm³/mol. The molecule has 0 amide bonds. The Morgan fingerprint density at radius 1 is 1.40 bits per heavy atom. The number of hydrogen-bond acceptors (Lipinski definition) is 3. The highest BCUT2D eigenvalue weighted by Crippen LogP contribution is 2.37. The van der Waals surface area contributed by atoms with E-state index in [1.165, 1.54) is 0 Å². The Morgan fingerprint density at radius 2 is 2.05 bits per heavy atom. The third kappa shape index (κ3) is 2.66. The fourth-order valence-electron chi connectivity index (χ4n) is 2.74. The van der Waals surface area contributed by atoms with Crippen molar-refractivity contribution in [2.24, 2.45) is 0 Å². The first kappa shape index (κ1) is 15.9. The molecule has 0 aliphatic carbocycles. The molecule has 1 aromatic carbocycles. The average molecular weight is 362 g/mol. The van der Waals surface area contributed by atoms with Gasteiger partial charge in [-0.1, -0.05) is 6.07 Å². The average Bonchev–Trinajstić information content (AvgIpc) is 2.72. The standard InChI is InChI=1S/C14H20BrNO3S/c1-10-7-11(9-17)8-12(13(10)15)20(18,19)16-6-4-5-14(16,2)3/h7-8,17H,4-6,9H2,1-3H3. The number of aryl methyl sites for hydroxylation is 1. The maximum atomic E-state index is 12.9. The van der Waals surface area contributed by atoms with Crippen molar-refractivity contribution in [3.05, 3.63) is 27.7 Å². The van der Waals surface area contributed by atoms with Gasteiger partial charge in [-0.05, 0) is 66.7 Å². The fourth-order valence-corrected chi connectivity index (χ4v) is 5.61. The van der Waals surface area contributed by atoms with Gasteiger partial charge in [0.1, 0.15) is 0 Å². The summed E-state index contributed by atoms with van der Waals surface area (Å²) in [5.74, 6) is 0. The molecule has 0 atom stereocenters. The van der Waals surface area contributed by atoms with Gasteiger partial charge < -0.3 is 5.11 Å². The molecule has 0 aromatic heterocycles. The van der Waals surface area contributed by atoms with Crippen LogP contribution in [-0.2, 0) is 16.6 Å². The van der Waals surface area contributed by atoms with Crippen LogP contribution in [0.1, 0.15) is 37.8 Å². The minimum absolute atomic E-state index is 0.167. The van der Waals surface area contributed by atoms with Gasteiger partial charge in [-0.25, -0.2) is 8.42 Å². The van der Waals surface area contributed by atoms with E-state index in [4.69, 9.17) is 0 Å². The molecular weight excluding hydrogens is 342 g/mol. The summed E-state index contributed by atoms with van der Waals surface area (Å²) in [6.45, 7) is 6.12. The van der Waals surface area contributed by atoms with Crippen LogP contribution in [0.25, 0.3) is 0 Å². The molecule has 112 valence electrons. The maximum Gasteiger partial charge on any atom is 0.244 e. The molecule has 0 unspecified atom stereocenters. The number of rotatable bonds is 3. The molecule has 0 bridgehead atoms. The quantitative estimate of drug-likeness (QED) is 0.900. The van der Waals surface area contributed by atoms with Crippen LogP contribution in [0.15, 0.2) is 21.5 Å². The topological polar surface area (TPSA) is 57.6 Å². The number of aliphatic hydroxyl groups is 1. The van der Waals surface area contributed by atoms with Gasteiger partial charge in [-0.15, -0.1) is 0 Å². The van der Waals surface area contributed by atoms with Gasteiger partial charge in [0.05, 0.1) is 11.5 Å². The van der Waals surface area contributed by atoms with E-state index >= 15 is 0 Å². The third-order valence-corrected chi connectivity index (χ3v) is 7.31. The second-order valence-corrected chi connectivity index (χ2v) is 8.50. The molecule has 1 aromatic rings. The molecule has 20 heavy (non-hydrogen) atoms. The lowest BCUT2D eigenvalue weighted by molar-refractivity contribution is 0.281. The third-order valence-electron chi connectivity index (χ3n) is 3.86. The Hall–Kier alpha value is -0.430. The summed E-state index contributed by atoms with van der Waals surface area (Å²) < 4.78 is 28.0. The number of hydrogen-bond donors (Lipinski definition) is 1. The van der Waals surface area contributed by atoms with Gasteiger partial charge in [0.25, 0.3) is 0 Å². The van der Waals surface area contributed by atoms with Crippen LogP contribution in [0.3, 0.4) is 0 Å². The summed E-state index contributed by atoms with van der Waals surface area (Å²) in [6.07, 6.45) is 1.74. The van der Waals surface area contributed by atoms with Crippen molar-refractivity contribution in [2.75, 3.05) is 6.54 Å². The van der Waals surface area contributed by atoms with E-state index in [2.05, 4.69) is 15.9 Å². The molecule has 1 aliphatic heterocycles. The Balaban J connectivity index is 2.58. The second-order valence-electron chi connectivity index (χ2n) is 5.88. The van der Waals surface area contributed by atoms with Crippen LogP contribution in [0.4, 0.5) is 0 Å². The van der Waals surface area contributed by atoms with E-state index in [1.807, 2.05) is 20.8 Å². The van der Waals surface area contributed by atoms with E-state index < -0.39 is 10.0 Å². The van der Waals surface area contributed by atoms with Gasteiger partial charge in [0, 0.05) is 16.6 Å². The molecule has 1 saturated heterocycles. The molecule has 1 aliphatic rings. The summed E-state index contributed by atoms with van der Waals surface area (Å²) in [5, 5.41) is 9.29. The Bertz CT molecular complexity index is 626. The van der Waals surface area contributed by atoms with Gasteiger partial charge in [-0.3, -0.25) is 0 Å². The second kappa shape index (κ2) is 5.40. The summed E-state index contributed by atoms with van der Waals surface area (Å²) in [7, 11) is -3.56. The zero-order chi connectivity index (χ0) is 15.1. The molecule has 0 saturated carbocycles. The zero-order valence-corrected chi connectivity index (χ0v) is 14.4. The van der Waals surface area contributed by atoms with E-state index in [9.17, 15) is 13.5 Å². The number of sulfonamides is 1. The molecule has 1 N–H and O–H groups in total. The van der Waals surface area contributed by atoms with Crippen LogP contribution in [0, 0.1) is 6.92 Å². The lowest BCUT2D eigenvalue weighted by Gasteiger charge is -2.31. The lowest BCUT2D eigenvalue weighted by atomic mass is 10.0. The number of benzene rings is 1. The SMILES string of the molecule is Cc1cc(CO)cc(S(=O)(=O)N2CCCC2(C)C)c1Br. The van der Waals surface area contributed by atoms with E-state index in [1.54, 1.807) is 16.4 Å². The maximum absolute atomic E-state index is 12.9. The summed E-state index contributed by atoms with van der Waals surface area (Å²) in [4.78, 5) is 0.247. The van der Waals surface area contributed by atoms with E-state index in [-0.39, 0.29) is 17.0 Å². The largest absolute Gasteiger partial charge is 0.392 e. The van der Waals surface area contributed by atoms with Crippen LogP contribution in [0.5, 0.6) is 0 Å². The Labute approximate surface area is 129 Å². The first-order valence-electron chi connectivity index (χ1n) is 6.63. The number of aliphatic hydroxyl groups excluding tert-OH is 1. The Kier molecular flexibility index (Phi) is 4.31. The minimum atomic E-state index is -3.56. The van der Waals surface area contributed by atoms with Crippen LogP contribution in [0.2, 0.25) is 0 Å². The van der Waals surface area contributed by atoms with Gasteiger partial charge in [0.15, 0.2) is 0 Å². The number of halogens is 1. The van der Waals surface area contributed by atoms with Crippen molar-refractivity contribution in [3.63, 3.8) is 0 Å². The van der Waals surface area contributed by atoms with Crippen molar-refractivity contribution in [1.29, 1.82) is 0 Å². The van der Waals surface area contributed by atoms with Crippen molar-refractivity contribution >= 4 is 26.0 Å². The minimum Gasteiger partial charge on any atom is -0.392 e. The molecule has 2 rings (SSSR count). The predicted octanol–water partition coefficient (Wildman–Crippen LogP) is 2.81. The fraction of sp³-hybridized carbons (Fsp3) is 0.571. The highest BCUT2D eigenvalue weighted by molar-refractivity contribution is 9.10. The van der Waals surface area contributed by atoms with Crippen molar-refractivity contribution in [2.45, 2.75) is 50.7 Å². The molecular formula is C14H20BrNO3S. The summed E-state index contributed by atoms with van der Waals surface area (Å²) >= 11 is 3.38. The van der Waals surface area contributed by atoms with Crippen LogP contribution < -0.4 is 0 Å².